The van der Waals surface area contributed by atoms with Crippen molar-refractivity contribution in [1.82, 2.24) is 34.8 Å². The molecule has 1 amide bonds. The molecule has 0 saturated carbocycles. The molecule has 4 rings (SSSR count). The van der Waals surface area contributed by atoms with Crippen LogP contribution in [0, 0.1) is 10.1 Å². The van der Waals surface area contributed by atoms with Crippen molar-refractivity contribution in [3.8, 4) is 5.69 Å². The van der Waals surface area contributed by atoms with Crippen molar-refractivity contribution in [2.75, 3.05) is 0 Å². The van der Waals surface area contributed by atoms with Crippen LogP contribution >= 0.6 is 11.8 Å². The molecule has 0 fully saturated rings. The largest absolute Gasteiger partial charge is 0.348 e. The van der Waals surface area contributed by atoms with Crippen molar-refractivity contribution in [1.29, 1.82) is 0 Å². The van der Waals surface area contributed by atoms with Crippen molar-refractivity contribution in [3.63, 3.8) is 0 Å². The zero-order valence-corrected chi connectivity index (χ0v) is 17.1. The van der Waals surface area contributed by atoms with E-state index >= 15 is 0 Å². The van der Waals surface area contributed by atoms with E-state index in [1.54, 1.807) is 34.8 Å². The fourth-order valence-corrected chi connectivity index (χ4v) is 3.59. The number of rotatable bonds is 7. The molecule has 0 aliphatic carbocycles. The summed E-state index contributed by atoms with van der Waals surface area (Å²) in [6.45, 7) is 0.277. The third-order valence-corrected chi connectivity index (χ3v) is 5.48. The highest BCUT2D eigenvalue weighted by Gasteiger charge is 2.20. The van der Waals surface area contributed by atoms with E-state index in [1.807, 2.05) is 24.3 Å². The molecule has 0 aliphatic heterocycles. The molecular weight excluding hydrogens is 420 g/mol. The lowest BCUT2D eigenvalue weighted by molar-refractivity contribution is -0.387. The van der Waals surface area contributed by atoms with Crippen LogP contribution < -0.4 is 5.32 Å². The molecule has 0 saturated heterocycles. The Kier molecular flexibility index (Phi) is 5.71. The van der Waals surface area contributed by atoms with Gasteiger partial charge in [-0.25, -0.2) is 9.67 Å². The van der Waals surface area contributed by atoms with Crippen molar-refractivity contribution in [3.05, 3.63) is 82.7 Å². The minimum absolute atomic E-state index is 0.169. The zero-order valence-electron chi connectivity index (χ0n) is 16.2. The maximum absolute atomic E-state index is 12.5. The molecule has 4 aromatic rings. The summed E-state index contributed by atoms with van der Waals surface area (Å²) in [7, 11) is 1.74. The molecule has 0 spiro atoms. The SMILES string of the molecule is Cn1cnnc1Sc1ccc(C(=O)NCc2ccc(-n3cncn3)cc2)cc1[N+](=O)[O-]. The summed E-state index contributed by atoms with van der Waals surface area (Å²) < 4.78 is 3.28. The first kappa shape index (κ1) is 20.2. The molecule has 2 heterocycles. The number of amides is 1. The molecule has 12 heteroatoms. The van der Waals surface area contributed by atoms with Gasteiger partial charge in [0.2, 0.25) is 0 Å². The Morgan fingerprint density at radius 1 is 1.19 bits per heavy atom. The lowest BCUT2D eigenvalue weighted by atomic mass is 10.1. The van der Waals surface area contributed by atoms with Gasteiger partial charge < -0.3 is 9.88 Å². The van der Waals surface area contributed by atoms with Crippen LogP contribution in [0.15, 0.2) is 71.5 Å². The normalized spacial score (nSPS) is 10.7. The number of nitro benzene ring substituents is 1. The smallest absolute Gasteiger partial charge is 0.284 e. The van der Waals surface area contributed by atoms with E-state index in [4.69, 9.17) is 0 Å². The average molecular weight is 436 g/mol. The van der Waals surface area contributed by atoms with Crippen molar-refractivity contribution < 1.29 is 9.72 Å². The molecule has 11 nitrogen and oxygen atoms in total. The molecule has 2 aromatic heterocycles. The summed E-state index contributed by atoms with van der Waals surface area (Å²) in [5, 5.41) is 26.6. The third-order valence-electron chi connectivity index (χ3n) is 4.36. The first-order valence-electron chi connectivity index (χ1n) is 9.03. The first-order valence-corrected chi connectivity index (χ1v) is 9.85. The second-order valence-electron chi connectivity index (χ2n) is 6.46. The van der Waals surface area contributed by atoms with Gasteiger partial charge in [-0.2, -0.15) is 5.10 Å². The number of nitrogens with one attached hydrogen (secondary N) is 1. The highest BCUT2D eigenvalue weighted by Crippen LogP contribution is 2.34. The number of carbonyl (C=O) groups is 1. The fourth-order valence-electron chi connectivity index (χ4n) is 2.74. The predicted molar refractivity (Wildman–Crippen MR) is 111 cm³/mol. The van der Waals surface area contributed by atoms with Crippen molar-refractivity contribution in [2.45, 2.75) is 16.6 Å². The van der Waals surface area contributed by atoms with Crippen molar-refractivity contribution >= 4 is 23.4 Å². The Hall–Kier alpha value is -4.06. The number of nitrogens with zero attached hydrogens (tertiary/aromatic N) is 7. The minimum Gasteiger partial charge on any atom is -0.348 e. The standard InChI is InChI=1S/C19H16N8O3S/c1-25-12-22-24-19(25)31-17-7-4-14(8-16(17)27(29)30)18(28)21-9-13-2-5-15(6-3-13)26-11-20-10-23-26/h2-8,10-12H,9H2,1H3,(H,21,28). The van der Waals surface area contributed by atoms with E-state index in [9.17, 15) is 14.9 Å². The Bertz CT molecular complexity index is 1220. The maximum Gasteiger partial charge on any atom is 0.284 e. The molecule has 0 radical (unpaired) electrons. The third kappa shape index (κ3) is 4.59. The Morgan fingerprint density at radius 3 is 2.65 bits per heavy atom. The average Bonchev–Trinajstić information content (AvgIpc) is 3.45. The van der Waals surface area contributed by atoms with E-state index in [1.165, 1.54) is 18.7 Å². The monoisotopic (exact) mass is 436 g/mol. The van der Waals surface area contributed by atoms with Crippen LogP contribution in [0.5, 0.6) is 0 Å². The molecule has 0 aliphatic rings. The molecule has 31 heavy (non-hydrogen) atoms. The second-order valence-corrected chi connectivity index (χ2v) is 7.46. The van der Waals surface area contributed by atoms with Gasteiger partial charge in [-0.15, -0.1) is 10.2 Å². The molecular formula is C19H16N8O3S. The number of benzene rings is 2. The zero-order chi connectivity index (χ0) is 21.8. The van der Waals surface area contributed by atoms with Crippen LogP contribution in [0.1, 0.15) is 15.9 Å². The van der Waals surface area contributed by atoms with Crippen LogP contribution in [0.25, 0.3) is 5.69 Å². The van der Waals surface area contributed by atoms with Gasteiger partial charge in [-0.3, -0.25) is 14.9 Å². The van der Waals surface area contributed by atoms with Crippen LogP contribution in [-0.4, -0.2) is 40.4 Å². The van der Waals surface area contributed by atoms with Gasteiger partial charge in [0.1, 0.15) is 19.0 Å². The highest BCUT2D eigenvalue weighted by atomic mass is 32.2. The first-order chi connectivity index (χ1) is 15.0. The predicted octanol–water partition coefficient (Wildman–Crippen LogP) is 2.39. The van der Waals surface area contributed by atoms with Crippen LogP contribution in [-0.2, 0) is 13.6 Å². The Labute approximate surface area is 180 Å². The summed E-state index contributed by atoms with van der Waals surface area (Å²) in [6.07, 6.45) is 4.55. The van der Waals surface area contributed by atoms with Crippen LogP contribution in [0.4, 0.5) is 5.69 Å². The summed E-state index contributed by atoms with van der Waals surface area (Å²) in [5.74, 6) is -0.404. The maximum atomic E-state index is 12.5. The Balaban J connectivity index is 1.45. The molecule has 2 aromatic carbocycles. The summed E-state index contributed by atoms with van der Waals surface area (Å²) in [6, 6.07) is 11.8. The van der Waals surface area contributed by atoms with E-state index in [0.717, 1.165) is 23.0 Å². The highest BCUT2D eigenvalue weighted by molar-refractivity contribution is 7.99. The quantitative estimate of drug-likeness (QED) is 0.345. The van der Waals surface area contributed by atoms with Gasteiger partial charge in [0, 0.05) is 25.2 Å². The fraction of sp³-hybridized carbons (Fsp3) is 0.105. The lowest BCUT2D eigenvalue weighted by Crippen LogP contribution is -2.22. The molecule has 156 valence electrons. The second kappa shape index (κ2) is 8.75. The van der Waals surface area contributed by atoms with Gasteiger partial charge in [-0.1, -0.05) is 12.1 Å². The summed E-state index contributed by atoms with van der Waals surface area (Å²) in [5.41, 5.74) is 1.76. The molecule has 0 unspecified atom stereocenters. The van der Waals surface area contributed by atoms with Gasteiger partial charge >= 0.3 is 0 Å². The van der Waals surface area contributed by atoms with Crippen LogP contribution in [0.3, 0.4) is 0 Å². The summed E-state index contributed by atoms with van der Waals surface area (Å²) >= 11 is 1.11. The number of aryl methyl sites for hydroxylation is 1. The molecule has 1 N–H and O–H groups in total. The number of hydrogen-bond acceptors (Lipinski definition) is 8. The molecule has 0 bridgehead atoms. The van der Waals surface area contributed by atoms with E-state index in [-0.39, 0.29) is 17.8 Å². The molecule has 0 atom stereocenters. The number of aromatic nitrogens is 6. The van der Waals surface area contributed by atoms with Gasteiger partial charge in [0.25, 0.3) is 11.6 Å². The van der Waals surface area contributed by atoms with Crippen LogP contribution in [0.2, 0.25) is 0 Å². The lowest BCUT2D eigenvalue weighted by Gasteiger charge is -2.08. The number of hydrogen-bond donors (Lipinski definition) is 1. The number of nitro groups is 1. The topological polar surface area (TPSA) is 134 Å². The summed E-state index contributed by atoms with van der Waals surface area (Å²) in [4.78, 5) is 27.8. The number of carbonyl (C=O) groups excluding carboxylic acids is 1. The van der Waals surface area contributed by atoms with Gasteiger partial charge in [0.15, 0.2) is 5.16 Å². The van der Waals surface area contributed by atoms with E-state index in [2.05, 4.69) is 25.6 Å². The van der Waals surface area contributed by atoms with E-state index in [0.29, 0.717) is 10.1 Å². The minimum atomic E-state index is -0.516. The van der Waals surface area contributed by atoms with Gasteiger partial charge in [0.05, 0.1) is 15.5 Å². The van der Waals surface area contributed by atoms with E-state index < -0.39 is 10.8 Å². The van der Waals surface area contributed by atoms with Gasteiger partial charge in [-0.05, 0) is 41.6 Å². The van der Waals surface area contributed by atoms with Crippen molar-refractivity contribution in [2.24, 2.45) is 7.05 Å². The Morgan fingerprint density at radius 2 is 2.00 bits per heavy atom.